The number of benzene rings is 1. The number of rotatable bonds is 1. The molecule has 0 bridgehead atoms. The Balaban J connectivity index is 2.30. The smallest absolute Gasteiger partial charge is 0.101 e. The molecule has 2 unspecified atom stereocenters. The van der Waals surface area contributed by atoms with E-state index in [0.717, 1.165) is 29.9 Å². The number of morpholine rings is 1. The van der Waals surface area contributed by atoms with Crippen molar-refractivity contribution < 1.29 is 4.74 Å². The van der Waals surface area contributed by atoms with Crippen LogP contribution in [0.5, 0.6) is 0 Å². The predicted molar refractivity (Wildman–Crippen MR) is 68.1 cm³/mol. The molecule has 2 rings (SSSR count). The second-order valence-corrected chi connectivity index (χ2v) is 4.79. The van der Waals surface area contributed by atoms with Crippen LogP contribution in [0.15, 0.2) is 18.2 Å². The normalized spacial score (nSPS) is 24.5. The highest BCUT2D eigenvalue weighted by molar-refractivity contribution is 5.60. The Kier molecular flexibility index (Phi) is 3.35. The lowest BCUT2D eigenvalue weighted by molar-refractivity contribution is -0.00522. The van der Waals surface area contributed by atoms with Crippen LogP contribution < -0.4 is 4.90 Å². The molecule has 3 nitrogen and oxygen atoms in total. The second-order valence-electron chi connectivity index (χ2n) is 4.79. The quantitative estimate of drug-likeness (QED) is 0.743. The van der Waals surface area contributed by atoms with Gasteiger partial charge in [0.1, 0.15) is 6.07 Å². The highest BCUT2D eigenvalue weighted by Gasteiger charge is 2.23. The fraction of sp³-hybridized carbons (Fsp3) is 0.500. The van der Waals surface area contributed by atoms with Crippen LogP contribution in [0.3, 0.4) is 0 Å². The molecule has 1 aliphatic heterocycles. The van der Waals surface area contributed by atoms with Crippen molar-refractivity contribution in [1.82, 2.24) is 0 Å². The molecule has 0 spiro atoms. The lowest BCUT2D eigenvalue weighted by Crippen LogP contribution is -2.45. The number of aryl methyl sites for hydroxylation is 1. The molecule has 17 heavy (non-hydrogen) atoms. The van der Waals surface area contributed by atoms with Crippen LogP contribution in [-0.2, 0) is 4.74 Å². The van der Waals surface area contributed by atoms with Crippen LogP contribution in [0.25, 0.3) is 0 Å². The molecule has 1 aliphatic rings. The lowest BCUT2D eigenvalue weighted by atomic mass is 10.1. The molecule has 2 atom stereocenters. The van der Waals surface area contributed by atoms with Gasteiger partial charge in [0.2, 0.25) is 0 Å². The zero-order chi connectivity index (χ0) is 12.4. The van der Waals surface area contributed by atoms with E-state index >= 15 is 0 Å². The number of hydrogen-bond acceptors (Lipinski definition) is 3. The Morgan fingerprint density at radius 1 is 1.29 bits per heavy atom. The Morgan fingerprint density at radius 3 is 2.53 bits per heavy atom. The van der Waals surface area contributed by atoms with Gasteiger partial charge in [-0.15, -0.1) is 0 Å². The van der Waals surface area contributed by atoms with E-state index in [1.807, 2.05) is 19.1 Å². The largest absolute Gasteiger partial charge is 0.372 e. The van der Waals surface area contributed by atoms with Crippen LogP contribution in [0.2, 0.25) is 0 Å². The summed E-state index contributed by atoms with van der Waals surface area (Å²) in [6.07, 6.45) is 0.429. The maximum atomic E-state index is 9.20. The summed E-state index contributed by atoms with van der Waals surface area (Å²) >= 11 is 0. The summed E-state index contributed by atoms with van der Waals surface area (Å²) in [5, 5.41) is 9.20. The highest BCUT2D eigenvalue weighted by Crippen LogP contribution is 2.24. The average Bonchev–Trinajstić information content (AvgIpc) is 2.27. The molecule has 3 heteroatoms. The first kappa shape index (κ1) is 11.9. The topological polar surface area (TPSA) is 36.3 Å². The first-order chi connectivity index (χ1) is 8.10. The number of nitriles is 1. The third-order valence-corrected chi connectivity index (χ3v) is 3.03. The van der Waals surface area contributed by atoms with Gasteiger partial charge in [-0.3, -0.25) is 0 Å². The molecule has 1 fully saturated rings. The van der Waals surface area contributed by atoms with Gasteiger partial charge in [-0.25, -0.2) is 0 Å². The summed E-state index contributed by atoms with van der Waals surface area (Å²) in [6.45, 7) is 7.85. The number of nitrogens with zero attached hydrogens (tertiary/aromatic N) is 2. The van der Waals surface area contributed by atoms with E-state index in [1.165, 1.54) is 0 Å². The molecule has 90 valence electrons. The minimum Gasteiger partial charge on any atom is -0.372 e. The van der Waals surface area contributed by atoms with E-state index in [1.54, 1.807) is 0 Å². The maximum absolute atomic E-state index is 9.20. The monoisotopic (exact) mass is 230 g/mol. The van der Waals surface area contributed by atoms with Gasteiger partial charge in [0.15, 0.2) is 0 Å². The van der Waals surface area contributed by atoms with Crippen molar-refractivity contribution in [2.75, 3.05) is 18.0 Å². The Morgan fingerprint density at radius 2 is 1.94 bits per heavy atom. The van der Waals surface area contributed by atoms with Gasteiger partial charge in [-0.1, -0.05) is 6.07 Å². The molecule has 0 aliphatic carbocycles. The SMILES string of the molecule is Cc1ccc(N2CC(C)OC(C)C2)c(C#N)c1. The van der Waals surface area contributed by atoms with Crippen molar-refractivity contribution in [3.05, 3.63) is 29.3 Å². The third-order valence-electron chi connectivity index (χ3n) is 3.03. The van der Waals surface area contributed by atoms with E-state index in [-0.39, 0.29) is 12.2 Å². The minimum absolute atomic E-state index is 0.214. The molecule has 1 aromatic rings. The second kappa shape index (κ2) is 4.77. The first-order valence-electron chi connectivity index (χ1n) is 6.01. The summed E-state index contributed by atoms with van der Waals surface area (Å²) < 4.78 is 5.71. The van der Waals surface area contributed by atoms with Crippen LogP contribution in [0.4, 0.5) is 5.69 Å². The Hall–Kier alpha value is -1.53. The van der Waals surface area contributed by atoms with E-state index in [4.69, 9.17) is 4.74 Å². The van der Waals surface area contributed by atoms with Crippen molar-refractivity contribution >= 4 is 5.69 Å². The van der Waals surface area contributed by atoms with E-state index in [9.17, 15) is 5.26 Å². The predicted octanol–water partition coefficient (Wildman–Crippen LogP) is 2.48. The van der Waals surface area contributed by atoms with Crippen molar-refractivity contribution in [2.45, 2.75) is 33.0 Å². The van der Waals surface area contributed by atoms with Crippen LogP contribution in [0, 0.1) is 18.3 Å². The van der Waals surface area contributed by atoms with Gasteiger partial charge in [0.05, 0.1) is 23.5 Å². The van der Waals surface area contributed by atoms with E-state index in [2.05, 4.69) is 30.9 Å². The maximum Gasteiger partial charge on any atom is 0.101 e. The molecule has 0 amide bonds. The molecule has 0 radical (unpaired) electrons. The van der Waals surface area contributed by atoms with Crippen LogP contribution in [0.1, 0.15) is 25.0 Å². The Labute approximate surface area is 103 Å². The standard InChI is InChI=1S/C14H18N2O/c1-10-4-5-14(13(6-10)7-15)16-8-11(2)17-12(3)9-16/h4-6,11-12H,8-9H2,1-3H3. The first-order valence-corrected chi connectivity index (χ1v) is 6.01. The van der Waals surface area contributed by atoms with Crippen LogP contribution in [-0.4, -0.2) is 25.3 Å². The van der Waals surface area contributed by atoms with E-state index in [0.29, 0.717) is 0 Å². The fourth-order valence-corrected chi connectivity index (χ4v) is 2.39. The third kappa shape index (κ3) is 2.59. The van der Waals surface area contributed by atoms with Crippen molar-refractivity contribution in [1.29, 1.82) is 5.26 Å². The lowest BCUT2D eigenvalue weighted by Gasteiger charge is -2.37. The van der Waals surface area contributed by atoms with Gasteiger partial charge >= 0.3 is 0 Å². The number of anilines is 1. The summed E-state index contributed by atoms with van der Waals surface area (Å²) in [5.74, 6) is 0. The summed E-state index contributed by atoms with van der Waals surface area (Å²) in [5.41, 5.74) is 2.91. The summed E-state index contributed by atoms with van der Waals surface area (Å²) in [6, 6.07) is 8.32. The zero-order valence-electron chi connectivity index (χ0n) is 10.6. The van der Waals surface area contributed by atoms with Gasteiger partial charge < -0.3 is 9.64 Å². The fourth-order valence-electron chi connectivity index (χ4n) is 2.39. The summed E-state index contributed by atoms with van der Waals surface area (Å²) in [7, 11) is 0. The minimum atomic E-state index is 0.214. The van der Waals surface area contributed by atoms with Crippen molar-refractivity contribution in [3.63, 3.8) is 0 Å². The Bertz CT molecular complexity index is 440. The molecule has 0 aromatic heterocycles. The molecule has 1 aromatic carbocycles. The number of hydrogen-bond donors (Lipinski definition) is 0. The van der Waals surface area contributed by atoms with Gasteiger partial charge in [0, 0.05) is 13.1 Å². The highest BCUT2D eigenvalue weighted by atomic mass is 16.5. The van der Waals surface area contributed by atoms with Crippen LogP contribution >= 0.6 is 0 Å². The molecule has 1 heterocycles. The molecule has 1 saturated heterocycles. The average molecular weight is 230 g/mol. The van der Waals surface area contributed by atoms with Gasteiger partial charge in [0.25, 0.3) is 0 Å². The molecular formula is C14H18N2O. The van der Waals surface area contributed by atoms with Crippen molar-refractivity contribution in [3.8, 4) is 6.07 Å². The molecule has 0 saturated carbocycles. The van der Waals surface area contributed by atoms with Gasteiger partial charge in [-0.2, -0.15) is 5.26 Å². The zero-order valence-corrected chi connectivity index (χ0v) is 10.6. The summed E-state index contributed by atoms with van der Waals surface area (Å²) in [4.78, 5) is 2.25. The van der Waals surface area contributed by atoms with Crippen molar-refractivity contribution in [2.24, 2.45) is 0 Å². The molecule has 0 N–H and O–H groups in total. The van der Waals surface area contributed by atoms with Gasteiger partial charge in [-0.05, 0) is 38.5 Å². The number of ether oxygens (including phenoxy) is 1. The molecular weight excluding hydrogens is 212 g/mol. The van der Waals surface area contributed by atoms with E-state index < -0.39 is 0 Å².